The number of guanidine groups is 1. The van der Waals surface area contributed by atoms with Crippen molar-refractivity contribution in [2.75, 3.05) is 47.1 Å². The Labute approximate surface area is 289 Å². The second-order valence-corrected chi connectivity index (χ2v) is 13.7. The Morgan fingerprint density at radius 2 is 2.00 bits per heavy atom. The average Bonchev–Trinajstić information content (AvgIpc) is 3.71. The summed E-state index contributed by atoms with van der Waals surface area (Å²) in [4.78, 5) is 60.6. The van der Waals surface area contributed by atoms with Crippen LogP contribution in [0.1, 0.15) is 53.6 Å². The molecule has 0 radical (unpaired) electrons. The molecule has 2 aromatic rings. The lowest BCUT2D eigenvalue weighted by Gasteiger charge is -2.57. The third-order valence-corrected chi connectivity index (χ3v) is 10.8. The van der Waals surface area contributed by atoms with E-state index in [-0.39, 0.29) is 50.0 Å². The number of nitrogens with two attached hydrogens (primary N) is 2. The predicted octanol–water partition coefficient (Wildman–Crippen LogP) is 1.05. The van der Waals surface area contributed by atoms with E-state index in [1.165, 1.54) is 4.90 Å². The van der Waals surface area contributed by atoms with Crippen LogP contribution in [0.4, 0.5) is 4.79 Å². The number of nitrogens with zero attached hydrogens (tertiary/aromatic N) is 3. The Kier molecular flexibility index (Phi) is 8.93. The van der Waals surface area contributed by atoms with Gasteiger partial charge in [-0.3, -0.25) is 19.4 Å². The third kappa shape index (κ3) is 5.92. The number of hydrogen-bond acceptors (Lipinski definition) is 10. The molecule has 1 saturated carbocycles. The summed E-state index contributed by atoms with van der Waals surface area (Å²) in [6.07, 6.45) is 2.54. The molecule has 266 valence electrons. The van der Waals surface area contributed by atoms with Crippen molar-refractivity contribution in [1.82, 2.24) is 20.4 Å². The molecular formula is C35H43N7O8. The number of rotatable bonds is 11. The Bertz CT molecular complexity index is 1750. The molecule has 1 spiro atoms. The van der Waals surface area contributed by atoms with Crippen molar-refractivity contribution in [2.24, 2.45) is 22.4 Å². The van der Waals surface area contributed by atoms with Gasteiger partial charge in [-0.15, -0.1) is 0 Å². The predicted molar refractivity (Wildman–Crippen MR) is 180 cm³/mol. The van der Waals surface area contributed by atoms with E-state index < -0.39 is 30.1 Å². The molecule has 3 aliphatic heterocycles. The second-order valence-electron chi connectivity index (χ2n) is 13.7. The van der Waals surface area contributed by atoms with Crippen molar-refractivity contribution < 1.29 is 38.1 Å². The number of likely N-dealkylation sites (N-methyl/N-ethyl adjacent to an activating group) is 2. The zero-order valence-corrected chi connectivity index (χ0v) is 28.2. The lowest BCUT2D eigenvalue weighted by Crippen LogP contribution is -2.65. The maximum atomic E-state index is 13.3. The number of ketones is 1. The lowest BCUT2D eigenvalue weighted by atomic mass is 9.52. The third-order valence-electron chi connectivity index (χ3n) is 10.8. The van der Waals surface area contributed by atoms with Crippen LogP contribution in [0.25, 0.3) is 0 Å². The maximum Gasteiger partial charge on any atom is 0.415 e. The van der Waals surface area contributed by atoms with Gasteiger partial charge in [0.25, 0.3) is 5.91 Å². The van der Waals surface area contributed by atoms with Gasteiger partial charge in [-0.1, -0.05) is 6.07 Å². The first-order chi connectivity index (χ1) is 24.1. The van der Waals surface area contributed by atoms with Crippen LogP contribution in [0.5, 0.6) is 23.0 Å². The molecule has 6 N–H and O–H groups in total. The van der Waals surface area contributed by atoms with Crippen LogP contribution in [-0.2, 0) is 21.4 Å². The van der Waals surface area contributed by atoms with Crippen molar-refractivity contribution in [3.63, 3.8) is 0 Å². The molecule has 50 heavy (non-hydrogen) atoms. The quantitative estimate of drug-likeness (QED) is 0.149. The van der Waals surface area contributed by atoms with Crippen LogP contribution in [0.15, 0.2) is 35.3 Å². The minimum atomic E-state index is -0.898. The molecule has 2 aliphatic carbocycles. The number of piperidine rings is 1. The number of likely N-dealkylation sites (tertiary alicyclic amines) is 1. The molecule has 5 aliphatic rings. The molecule has 15 nitrogen and oxygen atoms in total. The number of fused-ring (bicyclic) bond motifs is 1. The van der Waals surface area contributed by atoms with Crippen LogP contribution in [0, 0.1) is 5.92 Å². The Hall–Kier alpha value is -5.05. The summed E-state index contributed by atoms with van der Waals surface area (Å²) >= 11 is 0. The number of Topliss-reactive ketones (excluding diaryl/α,β-unsaturated/α-hetero) is 1. The molecule has 2 fully saturated rings. The standard InChI is InChI=1S/C35H43N7O8/c1-41-14-11-35-21-7-8-24(43)30(35)50-29-26(10-5-19(28(29)35)16-23(21)41)49-34(46)42(2)15-13-38-32(45)22(4-3-12-39-33(36)37)40-31(44)20-6-9-25-27(17-20)48-18-47-25/h5-6,9-10,17,21-23,30H,3-4,7-8,11-16,18H2,1-2H3,(H,38,45)(H,40,44)(H4,36,37,39)/t21?,22-,23+,30?,35-/m0/s1. The SMILES string of the molecule is CN(CCNC(=O)[C@H](CCCN=C(N)N)NC(=O)c1ccc2c(c1)OCO2)C(=O)Oc1ccc2c3c1OC1C(=O)CCC4[C@@H](C2)N(C)CC[C@]314. The van der Waals surface area contributed by atoms with E-state index in [0.29, 0.717) is 53.4 Å². The van der Waals surface area contributed by atoms with Crippen LogP contribution in [0.3, 0.4) is 0 Å². The first-order valence-electron chi connectivity index (χ1n) is 17.1. The van der Waals surface area contributed by atoms with Crippen LogP contribution < -0.4 is 41.0 Å². The van der Waals surface area contributed by atoms with Crippen molar-refractivity contribution in [2.45, 2.75) is 62.1 Å². The van der Waals surface area contributed by atoms with Gasteiger partial charge < -0.3 is 50.8 Å². The fourth-order valence-electron chi connectivity index (χ4n) is 8.38. The number of aliphatic imine (C=N–C) groups is 1. The second kappa shape index (κ2) is 13.3. The number of carbonyl (C=O) groups excluding carboxylic acids is 4. The topological polar surface area (TPSA) is 200 Å². The maximum absolute atomic E-state index is 13.3. The zero-order valence-electron chi connectivity index (χ0n) is 28.2. The fourth-order valence-corrected chi connectivity index (χ4v) is 8.38. The van der Waals surface area contributed by atoms with Gasteiger partial charge >= 0.3 is 6.09 Å². The zero-order chi connectivity index (χ0) is 35.2. The van der Waals surface area contributed by atoms with E-state index in [9.17, 15) is 19.2 Å². The van der Waals surface area contributed by atoms with Crippen molar-refractivity contribution in [3.8, 4) is 23.0 Å². The summed E-state index contributed by atoms with van der Waals surface area (Å²) in [6, 6.07) is 7.99. The number of nitrogens with one attached hydrogen (secondary N) is 2. The number of benzene rings is 2. The van der Waals surface area contributed by atoms with E-state index in [4.69, 9.17) is 30.4 Å². The van der Waals surface area contributed by atoms with E-state index in [1.807, 2.05) is 6.07 Å². The molecule has 7 rings (SSSR count). The van der Waals surface area contributed by atoms with E-state index in [2.05, 4.69) is 27.6 Å². The van der Waals surface area contributed by atoms with Gasteiger partial charge in [0.15, 0.2) is 40.8 Å². The minimum absolute atomic E-state index is 0.0628. The smallest absolute Gasteiger partial charge is 0.415 e. The molecule has 5 atom stereocenters. The average molecular weight is 690 g/mol. The molecule has 1 saturated heterocycles. The Balaban J connectivity index is 0.981. The highest BCUT2D eigenvalue weighted by Gasteiger charge is 2.65. The summed E-state index contributed by atoms with van der Waals surface area (Å²) < 4.78 is 23.0. The molecule has 3 amide bonds. The molecule has 2 unspecified atom stereocenters. The highest BCUT2D eigenvalue weighted by molar-refractivity contribution is 5.98. The monoisotopic (exact) mass is 689 g/mol. The Morgan fingerprint density at radius 1 is 1.18 bits per heavy atom. The van der Waals surface area contributed by atoms with Gasteiger partial charge in [0, 0.05) is 55.7 Å². The highest BCUT2D eigenvalue weighted by atomic mass is 16.7. The molecule has 3 heterocycles. The Morgan fingerprint density at radius 3 is 2.82 bits per heavy atom. The van der Waals surface area contributed by atoms with Crippen molar-refractivity contribution in [3.05, 3.63) is 47.0 Å². The van der Waals surface area contributed by atoms with Crippen molar-refractivity contribution >= 4 is 29.7 Å². The lowest BCUT2D eigenvalue weighted by molar-refractivity contribution is -0.138. The highest BCUT2D eigenvalue weighted by Crippen LogP contribution is 2.63. The van der Waals surface area contributed by atoms with Gasteiger partial charge in [0.05, 0.1) is 0 Å². The summed E-state index contributed by atoms with van der Waals surface area (Å²) in [6.45, 7) is 1.46. The van der Waals surface area contributed by atoms with E-state index >= 15 is 0 Å². The molecule has 2 aromatic carbocycles. The van der Waals surface area contributed by atoms with E-state index in [0.717, 1.165) is 36.9 Å². The van der Waals surface area contributed by atoms with Gasteiger partial charge in [-0.05, 0) is 81.4 Å². The number of carbonyl (C=O) groups is 4. The largest absolute Gasteiger partial charge is 0.477 e. The summed E-state index contributed by atoms with van der Waals surface area (Å²) in [7, 11) is 3.73. The summed E-state index contributed by atoms with van der Waals surface area (Å²) in [5.41, 5.74) is 13.0. The number of ether oxygens (including phenoxy) is 4. The molecular weight excluding hydrogens is 646 g/mol. The van der Waals surface area contributed by atoms with Crippen LogP contribution in [-0.4, -0.2) is 105 Å². The fraction of sp³-hybridized carbons (Fsp3) is 0.514. The van der Waals surface area contributed by atoms with Gasteiger partial charge in [-0.25, -0.2) is 4.79 Å². The summed E-state index contributed by atoms with van der Waals surface area (Å²) in [5, 5.41) is 5.59. The van der Waals surface area contributed by atoms with Gasteiger partial charge in [0.1, 0.15) is 6.04 Å². The van der Waals surface area contributed by atoms with Gasteiger partial charge in [-0.2, -0.15) is 0 Å². The normalized spacial score (nSPS) is 24.4. The van der Waals surface area contributed by atoms with Crippen molar-refractivity contribution in [1.29, 1.82) is 0 Å². The summed E-state index contributed by atoms with van der Waals surface area (Å²) in [5.74, 6) is 1.25. The number of hydrogen-bond donors (Lipinski definition) is 4. The molecule has 0 aromatic heterocycles. The molecule has 15 heteroatoms. The van der Waals surface area contributed by atoms with Gasteiger partial charge in [0.2, 0.25) is 12.7 Å². The first-order valence-corrected chi connectivity index (χ1v) is 17.1. The number of amides is 3. The first kappa shape index (κ1) is 33.4. The van der Waals surface area contributed by atoms with Crippen LogP contribution >= 0.6 is 0 Å². The molecule has 2 bridgehead atoms. The minimum Gasteiger partial charge on any atom is -0.477 e. The van der Waals surface area contributed by atoms with Crippen LogP contribution in [0.2, 0.25) is 0 Å². The van der Waals surface area contributed by atoms with E-state index in [1.54, 1.807) is 31.3 Å².